The highest BCUT2D eigenvalue weighted by Gasteiger charge is 1.92. The highest BCUT2D eigenvalue weighted by molar-refractivity contribution is 5.70. The standard InChI is InChI=1S/C7H8N2O/c1-2-3-9-4-7(5-10)8-6-9/h2,4-6H,1,3H2. The van der Waals surface area contributed by atoms with Crippen LogP contribution in [0.5, 0.6) is 0 Å². The minimum Gasteiger partial charge on any atom is -0.333 e. The van der Waals surface area contributed by atoms with Crippen molar-refractivity contribution in [2.24, 2.45) is 0 Å². The molecule has 0 radical (unpaired) electrons. The van der Waals surface area contributed by atoms with E-state index in [1.165, 1.54) is 0 Å². The third-order valence-corrected chi connectivity index (χ3v) is 1.11. The van der Waals surface area contributed by atoms with Crippen molar-refractivity contribution in [2.75, 3.05) is 0 Å². The van der Waals surface area contributed by atoms with Crippen LogP contribution < -0.4 is 0 Å². The van der Waals surface area contributed by atoms with Crippen LogP contribution in [0.4, 0.5) is 0 Å². The summed E-state index contributed by atoms with van der Waals surface area (Å²) in [6.45, 7) is 4.25. The van der Waals surface area contributed by atoms with Gasteiger partial charge in [-0.25, -0.2) is 4.98 Å². The van der Waals surface area contributed by atoms with Gasteiger partial charge in [-0.1, -0.05) is 6.08 Å². The van der Waals surface area contributed by atoms with Crippen LogP contribution in [0, 0.1) is 0 Å². The van der Waals surface area contributed by atoms with E-state index in [9.17, 15) is 4.79 Å². The van der Waals surface area contributed by atoms with Crippen LogP contribution in [-0.2, 0) is 6.54 Å². The summed E-state index contributed by atoms with van der Waals surface area (Å²) in [6.07, 6.45) is 5.75. The van der Waals surface area contributed by atoms with Crippen LogP contribution in [0.3, 0.4) is 0 Å². The molecule has 0 aliphatic heterocycles. The predicted octanol–water partition coefficient (Wildman–Crippen LogP) is 0.882. The maximum atomic E-state index is 10.1. The van der Waals surface area contributed by atoms with Gasteiger partial charge in [-0.15, -0.1) is 6.58 Å². The predicted molar refractivity (Wildman–Crippen MR) is 37.8 cm³/mol. The molecule has 3 nitrogen and oxygen atoms in total. The van der Waals surface area contributed by atoms with E-state index in [4.69, 9.17) is 0 Å². The second-order valence-electron chi connectivity index (χ2n) is 1.90. The summed E-state index contributed by atoms with van der Waals surface area (Å²) in [7, 11) is 0. The van der Waals surface area contributed by atoms with Gasteiger partial charge in [0, 0.05) is 12.7 Å². The van der Waals surface area contributed by atoms with Crippen LogP contribution >= 0.6 is 0 Å². The second kappa shape index (κ2) is 2.96. The number of hydrogen-bond acceptors (Lipinski definition) is 2. The Bertz CT molecular complexity index is 240. The van der Waals surface area contributed by atoms with Gasteiger partial charge < -0.3 is 4.57 Å². The minimum atomic E-state index is 0.460. The molecule has 0 saturated carbocycles. The fourth-order valence-electron chi connectivity index (χ4n) is 0.687. The number of rotatable bonds is 3. The van der Waals surface area contributed by atoms with E-state index >= 15 is 0 Å². The molecule has 0 unspecified atom stereocenters. The molecule has 0 amide bonds. The summed E-state index contributed by atoms with van der Waals surface area (Å²) in [5.41, 5.74) is 0.460. The number of aromatic nitrogens is 2. The average molecular weight is 136 g/mol. The molecule has 0 bridgehead atoms. The minimum absolute atomic E-state index is 0.460. The first-order valence-electron chi connectivity index (χ1n) is 2.94. The van der Waals surface area contributed by atoms with Gasteiger partial charge >= 0.3 is 0 Å². The number of allylic oxidation sites excluding steroid dienone is 1. The summed E-state index contributed by atoms with van der Waals surface area (Å²) in [5.74, 6) is 0. The number of carbonyl (C=O) groups is 1. The third kappa shape index (κ3) is 1.31. The summed E-state index contributed by atoms with van der Waals surface area (Å²) in [5, 5.41) is 0. The van der Waals surface area contributed by atoms with Gasteiger partial charge in [-0.3, -0.25) is 4.79 Å². The SMILES string of the molecule is C=CCn1cnc(C=O)c1. The van der Waals surface area contributed by atoms with Gasteiger partial charge in [0.25, 0.3) is 0 Å². The van der Waals surface area contributed by atoms with Crippen LogP contribution in [0.25, 0.3) is 0 Å². The van der Waals surface area contributed by atoms with Gasteiger partial charge in [0.2, 0.25) is 0 Å². The molecule has 1 aromatic heterocycles. The Balaban J connectivity index is 2.77. The van der Waals surface area contributed by atoms with Crippen LogP contribution in [0.1, 0.15) is 10.5 Å². The Morgan fingerprint density at radius 2 is 2.60 bits per heavy atom. The summed E-state index contributed by atoms with van der Waals surface area (Å²) in [6, 6.07) is 0. The number of aldehydes is 1. The molecule has 0 aliphatic rings. The molecule has 0 N–H and O–H groups in total. The van der Waals surface area contributed by atoms with Gasteiger partial charge in [-0.05, 0) is 0 Å². The molecule has 0 aliphatic carbocycles. The Kier molecular flexibility index (Phi) is 1.99. The highest BCUT2D eigenvalue weighted by Crippen LogP contribution is 1.91. The molecule has 0 spiro atoms. The number of imidazole rings is 1. The van der Waals surface area contributed by atoms with Crippen molar-refractivity contribution in [3.8, 4) is 0 Å². The zero-order chi connectivity index (χ0) is 7.40. The van der Waals surface area contributed by atoms with Crippen molar-refractivity contribution >= 4 is 6.29 Å². The van der Waals surface area contributed by atoms with E-state index in [-0.39, 0.29) is 0 Å². The maximum Gasteiger partial charge on any atom is 0.169 e. The average Bonchev–Trinajstić information content (AvgIpc) is 2.37. The van der Waals surface area contributed by atoms with E-state index in [2.05, 4.69) is 11.6 Å². The molecule has 52 valence electrons. The molecule has 3 heteroatoms. The summed E-state index contributed by atoms with van der Waals surface area (Å²) >= 11 is 0. The molecular formula is C7H8N2O. The van der Waals surface area contributed by atoms with Crippen molar-refractivity contribution in [3.63, 3.8) is 0 Å². The number of hydrogen-bond donors (Lipinski definition) is 0. The molecule has 0 aromatic carbocycles. The quantitative estimate of drug-likeness (QED) is 0.456. The van der Waals surface area contributed by atoms with Gasteiger partial charge in [-0.2, -0.15) is 0 Å². The lowest BCUT2D eigenvalue weighted by Gasteiger charge is -1.90. The smallest absolute Gasteiger partial charge is 0.169 e. The van der Waals surface area contributed by atoms with Gasteiger partial charge in [0.15, 0.2) is 6.29 Å². The molecule has 1 aromatic rings. The zero-order valence-electron chi connectivity index (χ0n) is 5.53. The number of nitrogens with zero attached hydrogens (tertiary/aromatic N) is 2. The van der Waals surface area contributed by atoms with Crippen molar-refractivity contribution in [1.29, 1.82) is 0 Å². The van der Waals surface area contributed by atoms with Crippen LogP contribution in [0.15, 0.2) is 25.2 Å². The van der Waals surface area contributed by atoms with E-state index in [0.29, 0.717) is 12.2 Å². The monoisotopic (exact) mass is 136 g/mol. The highest BCUT2D eigenvalue weighted by atomic mass is 16.1. The summed E-state index contributed by atoms with van der Waals surface area (Å²) < 4.78 is 1.79. The lowest BCUT2D eigenvalue weighted by molar-refractivity contribution is 0.111. The van der Waals surface area contributed by atoms with Crippen LogP contribution in [0.2, 0.25) is 0 Å². The fourth-order valence-corrected chi connectivity index (χ4v) is 0.687. The Morgan fingerprint density at radius 3 is 3.10 bits per heavy atom. The second-order valence-corrected chi connectivity index (χ2v) is 1.90. The maximum absolute atomic E-state index is 10.1. The van der Waals surface area contributed by atoms with Crippen molar-refractivity contribution in [1.82, 2.24) is 9.55 Å². The van der Waals surface area contributed by atoms with E-state index < -0.39 is 0 Å². The first-order chi connectivity index (χ1) is 4.86. The first-order valence-corrected chi connectivity index (χ1v) is 2.94. The Morgan fingerprint density at radius 1 is 1.80 bits per heavy atom. The topological polar surface area (TPSA) is 34.9 Å². The Labute approximate surface area is 59.0 Å². The Hall–Kier alpha value is -1.38. The molecule has 0 saturated heterocycles. The van der Waals surface area contributed by atoms with Crippen LogP contribution in [-0.4, -0.2) is 15.8 Å². The van der Waals surface area contributed by atoms with E-state index in [1.54, 1.807) is 23.2 Å². The lowest BCUT2D eigenvalue weighted by atomic mass is 10.5. The summed E-state index contributed by atoms with van der Waals surface area (Å²) in [4.78, 5) is 13.9. The molecule has 1 rings (SSSR count). The zero-order valence-corrected chi connectivity index (χ0v) is 5.53. The molecular weight excluding hydrogens is 128 g/mol. The molecule has 0 atom stereocenters. The van der Waals surface area contributed by atoms with Gasteiger partial charge in [0.05, 0.1) is 6.33 Å². The van der Waals surface area contributed by atoms with E-state index in [1.807, 2.05) is 0 Å². The first kappa shape index (κ1) is 6.74. The van der Waals surface area contributed by atoms with Gasteiger partial charge in [0.1, 0.15) is 5.69 Å². The molecule has 1 heterocycles. The lowest BCUT2D eigenvalue weighted by Crippen LogP contribution is -1.88. The van der Waals surface area contributed by atoms with Crippen molar-refractivity contribution in [3.05, 3.63) is 30.9 Å². The largest absolute Gasteiger partial charge is 0.333 e. The molecule has 10 heavy (non-hydrogen) atoms. The van der Waals surface area contributed by atoms with Crippen molar-refractivity contribution in [2.45, 2.75) is 6.54 Å². The third-order valence-electron chi connectivity index (χ3n) is 1.11. The number of carbonyl (C=O) groups excluding carboxylic acids is 1. The fraction of sp³-hybridized carbons (Fsp3) is 0.143. The normalized spacial score (nSPS) is 9.20. The van der Waals surface area contributed by atoms with E-state index in [0.717, 1.165) is 6.29 Å². The van der Waals surface area contributed by atoms with Crippen molar-refractivity contribution < 1.29 is 4.79 Å². The molecule has 0 fully saturated rings.